The van der Waals surface area contributed by atoms with Crippen LogP contribution < -0.4 is 4.74 Å². The van der Waals surface area contributed by atoms with Gasteiger partial charge in [0.15, 0.2) is 0 Å². The second-order valence-corrected chi connectivity index (χ2v) is 5.28. The van der Waals surface area contributed by atoms with E-state index in [0.717, 1.165) is 22.4 Å². The zero-order chi connectivity index (χ0) is 13.9. The Hall–Kier alpha value is -1.80. The van der Waals surface area contributed by atoms with Gasteiger partial charge in [0, 0.05) is 5.56 Å². The maximum atomic E-state index is 10.2. The van der Waals surface area contributed by atoms with Crippen molar-refractivity contribution in [2.24, 2.45) is 0 Å². The molecular formula is C17H20O2. The SMILES string of the molecule is Cc1cccc(C(C)(C)O)c1OCc1ccccc1. The average molecular weight is 256 g/mol. The summed E-state index contributed by atoms with van der Waals surface area (Å²) in [6, 6.07) is 15.9. The molecule has 0 fully saturated rings. The maximum Gasteiger partial charge on any atom is 0.128 e. The predicted octanol–water partition coefficient (Wildman–Crippen LogP) is 3.80. The Morgan fingerprint density at radius 3 is 2.32 bits per heavy atom. The zero-order valence-corrected chi connectivity index (χ0v) is 11.7. The molecule has 0 aliphatic carbocycles. The van der Waals surface area contributed by atoms with Crippen molar-refractivity contribution < 1.29 is 9.84 Å². The first-order valence-electron chi connectivity index (χ1n) is 6.47. The smallest absolute Gasteiger partial charge is 0.128 e. The van der Waals surface area contributed by atoms with Crippen LogP contribution in [0.3, 0.4) is 0 Å². The van der Waals surface area contributed by atoms with E-state index >= 15 is 0 Å². The molecule has 0 atom stereocenters. The first kappa shape index (κ1) is 13.6. The summed E-state index contributed by atoms with van der Waals surface area (Å²) >= 11 is 0. The fourth-order valence-electron chi connectivity index (χ4n) is 2.06. The third-order valence-corrected chi connectivity index (χ3v) is 3.10. The molecule has 0 aromatic heterocycles. The van der Waals surface area contributed by atoms with E-state index in [4.69, 9.17) is 4.74 Å². The van der Waals surface area contributed by atoms with Crippen molar-refractivity contribution in [1.82, 2.24) is 0 Å². The van der Waals surface area contributed by atoms with E-state index in [1.54, 1.807) is 13.8 Å². The summed E-state index contributed by atoms with van der Waals surface area (Å²) in [6.07, 6.45) is 0. The van der Waals surface area contributed by atoms with E-state index in [1.807, 2.05) is 55.5 Å². The van der Waals surface area contributed by atoms with Gasteiger partial charge in [-0.15, -0.1) is 0 Å². The normalized spacial score (nSPS) is 11.4. The lowest BCUT2D eigenvalue weighted by atomic mass is 9.95. The molecule has 0 aliphatic rings. The summed E-state index contributed by atoms with van der Waals surface area (Å²) < 4.78 is 5.92. The molecule has 19 heavy (non-hydrogen) atoms. The van der Waals surface area contributed by atoms with Crippen molar-refractivity contribution in [2.75, 3.05) is 0 Å². The van der Waals surface area contributed by atoms with Crippen LogP contribution in [0.25, 0.3) is 0 Å². The van der Waals surface area contributed by atoms with Crippen molar-refractivity contribution in [1.29, 1.82) is 0 Å². The molecule has 0 aliphatic heterocycles. The molecule has 100 valence electrons. The summed E-state index contributed by atoms with van der Waals surface area (Å²) in [5, 5.41) is 10.2. The van der Waals surface area contributed by atoms with Gasteiger partial charge in [-0.1, -0.05) is 48.5 Å². The predicted molar refractivity (Wildman–Crippen MR) is 77.2 cm³/mol. The molecule has 0 spiro atoms. The summed E-state index contributed by atoms with van der Waals surface area (Å²) in [6.45, 7) is 6.05. The summed E-state index contributed by atoms with van der Waals surface area (Å²) in [5.74, 6) is 0.777. The highest BCUT2D eigenvalue weighted by molar-refractivity contribution is 5.43. The lowest BCUT2D eigenvalue weighted by Crippen LogP contribution is -2.17. The molecule has 2 aromatic carbocycles. The van der Waals surface area contributed by atoms with E-state index < -0.39 is 5.60 Å². The summed E-state index contributed by atoms with van der Waals surface area (Å²) in [5.41, 5.74) is 2.07. The minimum Gasteiger partial charge on any atom is -0.488 e. The highest BCUT2D eigenvalue weighted by Crippen LogP contribution is 2.32. The summed E-state index contributed by atoms with van der Waals surface area (Å²) in [7, 11) is 0. The monoisotopic (exact) mass is 256 g/mol. The van der Waals surface area contributed by atoms with Crippen LogP contribution in [0.1, 0.15) is 30.5 Å². The fraction of sp³-hybridized carbons (Fsp3) is 0.294. The molecule has 2 aromatic rings. The molecule has 0 saturated carbocycles. The van der Waals surface area contributed by atoms with Crippen LogP contribution in [0, 0.1) is 6.92 Å². The van der Waals surface area contributed by atoms with E-state index in [0.29, 0.717) is 6.61 Å². The highest BCUT2D eigenvalue weighted by atomic mass is 16.5. The van der Waals surface area contributed by atoms with Crippen molar-refractivity contribution in [3.05, 3.63) is 65.2 Å². The Balaban J connectivity index is 2.25. The van der Waals surface area contributed by atoms with E-state index in [-0.39, 0.29) is 0 Å². The van der Waals surface area contributed by atoms with Crippen LogP contribution in [0.15, 0.2) is 48.5 Å². The Morgan fingerprint density at radius 2 is 1.68 bits per heavy atom. The standard InChI is InChI=1S/C17H20O2/c1-13-8-7-11-15(17(2,3)18)16(13)19-12-14-9-5-4-6-10-14/h4-11,18H,12H2,1-3H3. The molecule has 2 heteroatoms. The first-order valence-corrected chi connectivity index (χ1v) is 6.47. The number of hydrogen-bond donors (Lipinski definition) is 1. The van der Waals surface area contributed by atoms with Crippen molar-refractivity contribution >= 4 is 0 Å². The number of para-hydroxylation sites is 1. The van der Waals surface area contributed by atoms with Crippen LogP contribution in [0.5, 0.6) is 5.75 Å². The van der Waals surface area contributed by atoms with Gasteiger partial charge in [0.2, 0.25) is 0 Å². The molecule has 0 saturated heterocycles. The quantitative estimate of drug-likeness (QED) is 0.901. The Morgan fingerprint density at radius 1 is 1.00 bits per heavy atom. The number of ether oxygens (including phenoxy) is 1. The number of aliphatic hydroxyl groups is 1. The Kier molecular flexibility index (Phi) is 3.91. The minimum atomic E-state index is -0.905. The number of hydrogen-bond acceptors (Lipinski definition) is 2. The molecular weight excluding hydrogens is 236 g/mol. The average Bonchev–Trinajstić information content (AvgIpc) is 2.37. The molecule has 0 radical (unpaired) electrons. The number of aryl methyl sites for hydroxylation is 1. The van der Waals surface area contributed by atoms with Crippen LogP contribution in [-0.4, -0.2) is 5.11 Å². The van der Waals surface area contributed by atoms with Crippen LogP contribution in [0.4, 0.5) is 0 Å². The second kappa shape index (κ2) is 5.45. The lowest BCUT2D eigenvalue weighted by Gasteiger charge is -2.23. The van der Waals surface area contributed by atoms with Crippen molar-refractivity contribution in [3.8, 4) is 5.75 Å². The van der Waals surface area contributed by atoms with Gasteiger partial charge in [0.1, 0.15) is 12.4 Å². The van der Waals surface area contributed by atoms with Gasteiger partial charge in [-0.3, -0.25) is 0 Å². The van der Waals surface area contributed by atoms with Crippen molar-refractivity contribution in [2.45, 2.75) is 33.0 Å². The largest absolute Gasteiger partial charge is 0.488 e. The van der Waals surface area contributed by atoms with Crippen LogP contribution in [0.2, 0.25) is 0 Å². The fourth-order valence-corrected chi connectivity index (χ4v) is 2.06. The maximum absolute atomic E-state index is 10.2. The van der Waals surface area contributed by atoms with E-state index in [9.17, 15) is 5.11 Å². The van der Waals surface area contributed by atoms with Gasteiger partial charge in [-0.2, -0.15) is 0 Å². The molecule has 2 rings (SSSR count). The molecule has 0 heterocycles. The van der Waals surface area contributed by atoms with Crippen LogP contribution >= 0.6 is 0 Å². The van der Waals surface area contributed by atoms with Gasteiger partial charge in [0.25, 0.3) is 0 Å². The number of rotatable bonds is 4. The first-order chi connectivity index (χ1) is 8.98. The minimum absolute atomic E-state index is 0.509. The lowest BCUT2D eigenvalue weighted by molar-refractivity contribution is 0.0742. The molecule has 0 unspecified atom stereocenters. The van der Waals surface area contributed by atoms with Gasteiger partial charge in [-0.25, -0.2) is 0 Å². The zero-order valence-electron chi connectivity index (χ0n) is 11.7. The third kappa shape index (κ3) is 3.36. The highest BCUT2D eigenvalue weighted by Gasteiger charge is 2.22. The van der Waals surface area contributed by atoms with E-state index in [1.165, 1.54) is 0 Å². The van der Waals surface area contributed by atoms with Gasteiger partial charge < -0.3 is 9.84 Å². The molecule has 2 nitrogen and oxygen atoms in total. The molecule has 0 bridgehead atoms. The molecule has 0 amide bonds. The summed E-state index contributed by atoms with van der Waals surface area (Å²) in [4.78, 5) is 0. The Bertz CT molecular complexity index is 539. The van der Waals surface area contributed by atoms with Gasteiger partial charge >= 0.3 is 0 Å². The third-order valence-electron chi connectivity index (χ3n) is 3.10. The number of benzene rings is 2. The van der Waals surface area contributed by atoms with Gasteiger partial charge in [0.05, 0.1) is 5.60 Å². The topological polar surface area (TPSA) is 29.5 Å². The van der Waals surface area contributed by atoms with Crippen molar-refractivity contribution in [3.63, 3.8) is 0 Å². The van der Waals surface area contributed by atoms with E-state index in [2.05, 4.69) is 0 Å². The van der Waals surface area contributed by atoms with Crippen LogP contribution in [-0.2, 0) is 12.2 Å². The second-order valence-electron chi connectivity index (χ2n) is 5.28. The Labute approximate surface area is 114 Å². The van der Waals surface area contributed by atoms with Gasteiger partial charge in [-0.05, 0) is 31.9 Å². The molecule has 1 N–H and O–H groups in total.